The average Bonchev–Trinajstić information content (AvgIpc) is 2.73. The second-order valence-corrected chi connectivity index (χ2v) is 7.54. The molecule has 3 rings (SSSR count). The zero-order valence-corrected chi connectivity index (χ0v) is 18.1. The van der Waals surface area contributed by atoms with Gasteiger partial charge < -0.3 is 20.9 Å². The van der Waals surface area contributed by atoms with E-state index < -0.39 is 81.3 Å². The fourth-order valence-electron chi connectivity index (χ4n) is 3.38. The molecule has 0 heterocycles. The molecule has 0 aromatic heterocycles. The van der Waals surface area contributed by atoms with Gasteiger partial charge in [0.05, 0.1) is 22.5 Å². The highest BCUT2D eigenvalue weighted by Crippen LogP contribution is 2.47. The molecule has 4 nitrogen and oxygen atoms in total. The lowest BCUT2D eigenvalue weighted by Crippen LogP contribution is -2.18. The molecule has 0 fully saturated rings. The quantitative estimate of drug-likeness (QED) is 0.249. The van der Waals surface area contributed by atoms with Crippen molar-refractivity contribution in [2.45, 2.75) is 25.1 Å². The molecule has 206 valence electrons. The van der Waals surface area contributed by atoms with Crippen LogP contribution in [0.3, 0.4) is 0 Å². The minimum absolute atomic E-state index is 0.00168. The van der Waals surface area contributed by atoms with E-state index in [9.17, 15) is 52.7 Å². The Labute approximate surface area is 204 Å². The van der Waals surface area contributed by atoms with Crippen molar-refractivity contribution in [3.8, 4) is 33.8 Å². The van der Waals surface area contributed by atoms with Gasteiger partial charge in [0.1, 0.15) is 0 Å². The summed E-state index contributed by atoms with van der Waals surface area (Å²) in [6, 6.07) is 3.60. The van der Waals surface area contributed by atoms with Gasteiger partial charge in [0.25, 0.3) is 0 Å². The average molecular weight is 564 g/mol. The number of hydrogen-bond donors (Lipinski definition) is 2. The lowest BCUT2D eigenvalue weighted by molar-refractivity contribution is -0.275. The van der Waals surface area contributed by atoms with E-state index in [1.807, 2.05) is 0 Å². The largest absolute Gasteiger partial charge is 0.573 e. The van der Waals surface area contributed by atoms with Gasteiger partial charge in [0.2, 0.25) is 0 Å². The number of alkyl halides is 12. The Kier molecular flexibility index (Phi) is 7.07. The van der Waals surface area contributed by atoms with Gasteiger partial charge in [-0.3, -0.25) is 0 Å². The molecule has 0 aliphatic rings. The summed E-state index contributed by atoms with van der Waals surface area (Å²) in [4.78, 5) is 0. The van der Waals surface area contributed by atoms with Gasteiger partial charge in [0.15, 0.2) is 11.5 Å². The lowest BCUT2D eigenvalue weighted by Gasteiger charge is -2.21. The Morgan fingerprint density at radius 2 is 0.789 bits per heavy atom. The molecule has 0 saturated heterocycles. The van der Waals surface area contributed by atoms with Gasteiger partial charge in [-0.05, 0) is 58.7 Å². The molecular weight excluding hydrogens is 552 g/mol. The first-order chi connectivity index (χ1) is 17.2. The second-order valence-electron chi connectivity index (χ2n) is 7.54. The molecule has 0 saturated carbocycles. The first-order valence-corrected chi connectivity index (χ1v) is 9.79. The zero-order chi connectivity index (χ0) is 28.8. The Morgan fingerprint density at radius 1 is 0.474 bits per heavy atom. The molecule has 0 amide bonds. The van der Waals surface area contributed by atoms with Gasteiger partial charge in [-0.15, -0.1) is 26.3 Å². The molecule has 0 unspecified atom stereocenters. The van der Waals surface area contributed by atoms with Crippen LogP contribution in [-0.4, -0.2) is 12.7 Å². The molecule has 0 bridgehead atoms. The van der Waals surface area contributed by atoms with E-state index >= 15 is 0 Å². The van der Waals surface area contributed by atoms with Crippen LogP contribution in [0.15, 0.2) is 48.5 Å². The van der Waals surface area contributed by atoms with Crippen LogP contribution >= 0.6 is 0 Å². The predicted molar refractivity (Wildman–Crippen MR) is 110 cm³/mol. The van der Waals surface area contributed by atoms with Crippen LogP contribution in [0.25, 0.3) is 22.3 Å². The third-order valence-corrected chi connectivity index (χ3v) is 4.87. The Hall–Kier alpha value is -3.98. The van der Waals surface area contributed by atoms with E-state index in [2.05, 4.69) is 9.47 Å². The monoisotopic (exact) mass is 564 g/mol. The molecule has 4 N–H and O–H groups in total. The number of rotatable bonds is 4. The summed E-state index contributed by atoms with van der Waals surface area (Å²) >= 11 is 0. The maximum Gasteiger partial charge on any atom is 0.573 e. The van der Waals surface area contributed by atoms with Crippen molar-refractivity contribution >= 4 is 11.4 Å². The summed E-state index contributed by atoms with van der Waals surface area (Å²) in [5.41, 5.74) is 1.86. The Morgan fingerprint density at radius 3 is 1.05 bits per heavy atom. The van der Waals surface area contributed by atoms with Crippen molar-refractivity contribution in [1.82, 2.24) is 0 Å². The van der Waals surface area contributed by atoms with E-state index in [0.717, 1.165) is 12.1 Å². The molecule has 38 heavy (non-hydrogen) atoms. The predicted octanol–water partition coefficient (Wildman–Crippen LogP) is 8.02. The standard InChI is InChI=1S/C22H12F12N2O2/c23-19(24,25)13-8-12(10-2-4-16(36)18(6-10)38-22(32,33)34)14(20(26,27)28)7-11(13)9-1-3-15(35)17(5-9)37-21(29,30)31/h1-8H,35-36H2. The maximum atomic E-state index is 14.0. The Bertz CT molecular complexity index is 1240. The number of hydrogen-bond acceptors (Lipinski definition) is 4. The highest BCUT2D eigenvalue weighted by Gasteiger charge is 2.41. The summed E-state index contributed by atoms with van der Waals surface area (Å²) in [6.07, 6.45) is -21.4. The van der Waals surface area contributed by atoms with Crippen molar-refractivity contribution in [3.05, 3.63) is 59.7 Å². The highest BCUT2D eigenvalue weighted by atomic mass is 19.4. The molecule has 0 atom stereocenters. The molecule has 0 aliphatic heterocycles. The molecule has 3 aromatic rings. The van der Waals surface area contributed by atoms with Gasteiger partial charge in [-0.2, -0.15) is 26.3 Å². The molecule has 0 aliphatic carbocycles. The number of halogens is 12. The lowest BCUT2D eigenvalue weighted by atomic mass is 9.89. The van der Waals surface area contributed by atoms with Crippen LogP contribution < -0.4 is 20.9 Å². The van der Waals surface area contributed by atoms with Crippen LogP contribution in [0.1, 0.15) is 11.1 Å². The van der Waals surface area contributed by atoms with Crippen LogP contribution in [-0.2, 0) is 12.4 Å². The van der Waals surface area contributed by atoms with Crippen molar-refractivity contribution in [3.63, 3.8) is 0 Å². The first kappa shape index (κ1) is 28.6. The first-order valence-electron chi connectivity index (χ1n) is 9.79. The number of anilines is 2. The molecule has 3 aromatic carbocycles. The molecule has 0 spiro atoms. The second kappa shape index (κ2) is 9.40. The fourth-order valence-corrected chi connectivity index (χ4v) is 3.38. The van der Waals surface area contributed by atoms with Crippen molar-refractivity contribution in [1.29, 1.82) is 0 Å². The van der Waals surface area contributed by atoms with Gasteiger partial charge in [-0.25, -0.2) is 0 Å². The highest BCUT2D eigenvalue weighted by molar-refractivity contribution is 5.80. The molecule has 16 heteroatoms. The summed E-state index contributed by atoms with van der Waals surface area (Å²) in [7, 11) is 0. The number of ether oxygens (including phenoxy) is 2. The van der Waals surface area contributed by atoms with Crippen LogP contribution in [0, 0.1) is 0 Å². The van der Waals surface area contributed by atoms with E-state index in [1.54, 1.807) is 0 Å². The number of nitrogens with two attached hydrogens (primary N) is 2. The van der Waals surface area contributed by atoms with Crippen LogP contribution in [0.2, 0.25) is 0 Å². The van der Waals surface area contributed by atoms with Crippen molar-refractivity contribution < 1.29 is 62.2 Å². The summed E-state index contributed by atoms with van der Waals surface area (Å²) in [5, 5.41) is 0. The third kappa shape index (κ3) is 6.66. The summed E-state index contributed by atoms with van der Waals surface area (Å²) in [6.45, 7) is 0. The fraction of sp³-hybridized carbons (Fsp3) is 0.182. The van der Waals surface area contributed by atoms with Crippen LogP contribution in [0.4, 0.5) is 64.1 Å². The molecular formula is C22H12F12N2O2. The maximum absolute atomic E-state index is 14.0. The summed E-state index contributed by atoms with van der Waals surface area (Å²) in [5.74, 6) is -2.35. The van der Waals surface area contributed by atoms with Crippen molar-refractivity contribution in [2.75, 3.05) is 11.5 Å². The third-order valence-electron chi connectivity index (χ3n) is 4.87. The normalized spacial score (nSPS) is 12.9. The van der Waals surface area contributed by atoms with E-state index in [-0.39, 0.29) is 12.1 Å². The topological polar surface area (TPSA) is 70.5 Å². The smallest absolute Gasteiger partial charge is 0.404 e. The SMILES string of the molecule is Nc1ccc(-c2cc(C(F)(F)F)c(-c3ccc(N)c(OC(F)(F)F)c3)cc2C(F)(F)F)cc1OC(F)(F)F. The minimum atomic E-state index is -5.38. The Balaban J connectivity index is 2.33. The van der Waals surface area contributed by atoms with Gasteiger partial charge in [-0.1, -0.05) is 12.1 Å². The van der Waals surface area contributed by atoms with Crippen molar-refractivity contribution in [2.24, 2.45) is 0 Å². The van der Waals surface area contributed by atoms with Gasteiger partial charge in [0, 0.05) is 0 Å². The number of benzene rings is 3. The summed E-state index contributed by atoms with van der Waals surface area (Å²) < 4.78 is 167. The van der Waals surface area contributed by atoms with Gasteiger partial charge >= 0.3 is 25.1 Å². The van der Waals surface area contributed by atoms with Crippen LogP contribution in [0.5, 0.6) is 11.5 Å². The zero-order valence-electron chi connectivity index (χ0n) is 18.1. The number of nitrogen functional groups attached to an aromatic ring is 2. The molecule has 0 radical (unpaired) electrons. The minimum Gasteiger partial charge on any atom is -0.404 e. The van der Waals surface area contributed by atoms with E-state index in [4.69, 9.17) is 11.5 Å². The van der Waals surface area contributed by atoms with E-state index in [0.29, 0.717) is 24.3 Å². The van der Waals surface area contributed by atoms with E-state index in [1.165, 1.54) is 0 Å².